The molecular formula is C20H19N3O3. The van der Waals surface area contributed by atoms with Gasteiger partial charge in [-0.2, -0.15) is 4.98 Å². The van der Waals surface area contributed by atoms with Gasteiger partial charge in [-0.1, -0.05) is 22.9 Å². The summed E-state index contributed by atoms with van der Waals surface area (Å²) < 4.78 is 10.6. The largest absolute Gasteiger partial charge is 0.497 e. The van der Waals surface area contributed by atoms with Crippen molar-refractivity contribution in [3.8, 4) is 17.2 Å². The van der Waals surface area contributed by atoms with E-state index >= 15 is 0 Å². The molecule has 1 fully saturated rings. The zero-order valence-electron chi connectivity index (χ0n) is 14.7. The summed E-state index contributed by atoms with van der Waals surface area (Å²) >= 11 is 0. The van der Waals surface area contributed by atoms with Crippen molar-refractivity contribution < 1.29 is 14.1 Å². The SMILES string of the molecule is COc1ccc(-c2nc(C3CC(=O)N(c4ccc(C)cc4)C3)no2)cc1. The van der Waals surface area contributed by atoms with E-state index in [0.29, 0.717) is 24.7 Å². The third kappa shape index (κ3) is 3.06. The normalized spacial score (nSPS) is 16.9. The van der Waals surface area contributed by atoms with Gasteiger partial charge in [0, 0.05) is 30.1 Å². The summed E-state index contributed by atoms with van der Waals surface area (Å²) in [6.45, 7) is 2.59. The molecule has 132 valence electrons. The molecule has 2 heterocycles. The summed E-state index contributed by atoms with van der Waals surface area (Å²) in [4.78, 5) is 18.7. The third-order valence-electron chi connectivity index (χ3n) is 4.61. The fraction of sp³-hybridized carbons (Fsp3) is 0.250. The van der Waals surface area contributed by atoms with E-state index in [9.17, 15) is 4.79 Å². The van der Waals surface area contributed by atoms with Crippen LogP contribution in [-0.2, 0) is 4.79 Å². The van der Waals surface area contributed by atoms with Crippen LogP contribution in [0.25, 0.3) is 11.5 Å². The van der Waals surface area contributed by atoms with Crippen LogP contribution in [-0.4, -0.2) is 29.7 Å². The number of methoxy groups -OCH3 is 1. The van der Waals surface area contributed by atoms with Gasteiger partial charge >= 0.3 is 0 Å². The number of carbonyl (C=O) groups excluding carboxylic acids is 1. The molecule has 6 nitrogen and oxygen atoms in total. The Labute approximate surface area is 151 Å². The lowest BCUT2D eigenvalue weighted by Crippen LogP contribution is -2.24. The number of hydrogen-bond acceptors (Lipinski definition) is 5. The number of amides is 1. The van der Waals surface area contributed by atoms with Gasteiger partial charge in [0.25, 0.3) is 5.89 Å². The number of benzene rings is 2. The van der Waals surface area contributed by atoms with E-state index in [1.807, 2.05) is 55.5 Å². The highest BCUT2D eigenvalue weighted by Crippen LogP contribution is 2.31. The average Bonchev–Trinajstić information content (AvgIpc) is 3.29. The van der Waals surface area contributed by atoms with Crippen LogP contribution in [0.2, 0.25) is 0 Å². The summed E-state index contributed by atoms with van der Waals surface area (Å²) in [7, 11) is 1.62. The van der Waals surface area contributed by atoms with E-state index in [2.05, 4.69) is 10.1 Å². The molecule has 3 aromatic rings. The Balaban J connectivity index is 1.52. The van der Waals surface area contributed by atoms with Crippen molar-refractivity contribution in [3.05, 3.63) is 59.9 Å². The lowest BCUT2D eigenvalue weighted by Gasteiger charge is -2.16. The van der Waals surface area contributed by atoms with E-state index in [4.69, 9.17) is 9.26 Å². The van der Waals surface area contributed by atoms with Gasteiger partial charge in [0.1, 0.15) is 5.75 Å². The molecule has 1 aliphatic rings. The van der Waals surface area contributed by atoms with Crippen LogP contribution < -0.4 is 9.64 Å². The van der Waals surface area contributed by atoms with Crippen molar-refractivity contribution in [2.45, 2.75) is 19.3 Å². The predicted molar refractivity (Wildman–Crippen MR) is 97.2 cm³/mol. The van der Waals surface area contributed by atoms with E-state index in [1.54, 1.807) is 12.0 Å². The molecule has 0 radical (unpaired) electrons. The molecule has 1 amide bonds. The second-order valence-corrected chi connectivity index (χ2v) is 6.43. The Morgan fingerprint density at radius 3 is 2.54 bits per heavy atom. The second-order valence-electron chi connectivity index (χ2n) is 6.43. The Bertz CT molecular complexity index is 916. The molecule has 0 saturated carbocycles. The van der Waals surface area contributed by atoms with Crippen molar-refractivity contribution in [1.29, 1.82) is 0 Å². The van der Waals surface area contributed by atoms with Crippen LogP contribution in [0, 0.1) is 6.92 Å². The van der Waals surface area contributed by atoms with Crippen molar-refractivity contribution in [2.24, 2.45) is 0 Å². The van der Waals surface area contributed by atoms with Crippen molar-refractivity contribution in [1.82, 2.24) is 10.1 Å². The topological polar surface area (TPSA) is 68.5 Å². The first-order chi connectivity index (χ1) is 12.6. The molecule has 1 atom stereocenters. The molecule has 0 bridgehead atoms. The minimum Gasteiger partial charge on any atom is -0.497 e. The highest BCUT2D eigenvalue weighted by atomic mass is 16.5. The van der Waals surface area contributed by atoms with Crippen molar-refractivity contribution >= 4 is 11.6 Å². The molecule has 0 N–H and O–H groups in total. The smallest absolute Gasteiger partial charge is 0.257 e. The van der Waals surface area contributed by atoms with Crippen molar-refractivity contribution in [3.63, 3.8) is 0 Å². The molecule has 0 aliphatic carbocycles. The second kappa shape index (κ2) is 6.63. The van der Waals surface area contributed by atoms with E-state index in [1.165, 1.54) is 5.56 Å². The molecule has 2 aromatic carbocycles. The number of anilines is 1. The average molecular weight is 349 g/mol. The van der Waals surface area contributed by atoms with Gasteiger partial charge in [0.2, 0.25) is 5.91 Å². The Morgan fingerprint density at radius 2 is 1.85 bits per heavy atom. The fourth-order valence-corrected chi connectivity index (χ4v) is 3.11. The van der Waals surface area contributed by atoms with E-state index in [0.717, 1.165) is 17.0 Å². The highest BCUT2D eigenvalue weighted by molar-refractivity contribution is 5.96. The molecule has 4 rings (SSSR count). The first kappa shape index (κ1) is 16.3. The monoisotopic (exact) mass is 349 g/mol. The van der Waals surface area contributed by atoms with Crippen LogP contribution in [0.3, 0.4) is 0 Å². The number of ether oxygens (including phenoxy) is 1. The van der Waals surface area contributed by atoms with Gasteiger partial charge in [-0.3, -0.25) is 4.79 Å². The summed E-state index contributed by atoms with van der Waals surface area (Å²) in [5.74, 6) is 1.79. The van der Waals surface area contributed by atoms with Crippen LogP contribution >= 0.6 is 0 Å². The zero-order chi connectivity index (χ0) is 18.1. The Hall–Kier alpha value is -3.15. The Kier molecular flexibility index (Phi) is 4.16. The minimum atomic E-state index is -0.0699. The summed E-state index contributed by atoms with van der Waals surface area (Å²) in [6.07, 6.45) is 0.384. The molecule has 26 heavy (non-hydrogen) atoms. The summed E-state index contributed by atoms with van der Waals surface area (Å²) in [5.41, 5.74) is 2.89. The maximum Gasteiger partial charge on any atom is 0.257 e. The number of nitrogens with zero attached hydrogens (tertiary/aromatic N) is 3. The lowest BCUT2D eigenvalue weighted by molar-refractivity contribution is -0.117. The molecule has 1 unspecified atom stereocenters. The molecule has 6 heteroatoms. The van der Waals surface area contributed by atoms with Gasteiger partial charge in [-0.15, -0.1) is 0 Å². The number of aromatic nitrogens is 2. The maximum atomic E-state index is 12.4. The third-order valence-corrected chi connectivity index (χ3v) is 4.61. The van der Waals surface area contributed by atoms with Gasteiger partial charge in [-0.05, 0) is 43.3 Å². The molecule has 1 aliphatic heterocycles. The Morgan fingerprint density at radius 1 is 1.12 bits per heavy atom. The lowest BCUT2D eigenvalue weighted by atomic mass is 10.1. The zero-order valence-corrected chi connectivity index (χ0v) is 14.7. The van der Waals surface area contributed by atoms with Crippen LogP contribution in [0.4, 0.5) is 5.69 Å². The molecular weight excluding hydrogens is 330 g/mol. The minimum absolute atomic E-state index is 0.0699. The number of aryl methyl sites for hydroxylation is 1. The first-order valence-corrected chi connectivity index (χ1v) is 8.49. The van der Waals surface area contributed by atoms with Gasteiger partial charge in [-0.25, -0.2) is 0 Å². The molecule has 1 saturated heterocycles. The predicted octanol–water partition coefficient (Wildman–Crippen LogP) is 3.57. The summed E-state index contributed by atoms with van der Waals surface area (Å²) in [5, 5.41) is 4.10. The van der Waals surface area contributed by atoms with Gasteiger partial charge in [0.15, 0.2) is 5.82 Å². The standard InChI is InChI=1S/C20H19N3O3/c1-13-3-7-16(8-4-13)23-12-15(11-18(23)24)19-21-20(26-22-19)14-5-9-17(25-2)10-6-14/h3-10,15H,11-12H2,1-2H3. The van der Waals surface area contributed by atoms with Gasteiger partial charge in [0.05, 0.1) is 7.11 Å². The van der Waals surface area contributed by atoms with Crippen LogP contribution in [0.1, 0.15) is 23.7 Å². The molecule has 0 spiro atoms. The first-order valence-electron chi connectivity index (χ1n) is 8.49. The maximum absolute atomic E-state index is 12.4. The van der Waals surface area contributed by atoms with Crippen LogP contribution in [0.5, 0.6) is 5.75 Å². The molecule has 1 aromatic heterocycles. The number of hydrogen-bond donors (Lipinski definition) is 0. The van der Waals surface area contributed by atoms with E-state index in [-0.39, 0.29) is 11.8 Å². The van der Waals surface area contributed by atoms with Crippen LogP contribution in [0.15, 0.2) is 53.1 Å². The highest BCUT2D eigenvalue weighted by Gasteiger charge is 2.34. The number of carbonyl (C=O) groups is 1. The number of rotatable bonds is 4. The fourth-order valence-electron chi connectivity index (χ4n) is 3.11. The quantitative estimate of drug-likeness (QED) is 0.720. The van der Waals surface area contributed by atoms with Gasteiger partial charge < -0.3 is 14.2 Å². The van der Waals surface area contributed by atoms with Crippen molar-refractivity contribution in [2.75, 3.05) is 18.6 Å². The van der Waals surface area contributed by atoms with E-state index < -0.39 is 0 Å². The summed E-state index contributed by atoms with van der Waals surface area (Å²) in [6, 6.07) is 15.4.